The first-order valence-electron chi connectivity index (χ1n) is 4.62. The van der Waals surface area contributed by atoms with Gasteiger partial charge in [0, 0.05) is 12.1 Å². The maximum Gasteiger partial charge on any atom is 0.00989 e. The first-order chi connectivity index (χ1) is 4.86. The highest BCUT2D eigenvalue weighted by Crippen LogP contribution is 2.31. The fraction of sp³-hybridized carbons (Fsp3) is 1.00. The van der Waals surface area contributed by atoms with Crippen molar-refractivity contribution in [2.75, 3.05) is 0 Å². The van der Waals surface area contributed by atoms with Gasteiger partial charge < -0.3 is 5.32 Å². The van der Waals surface area contributed by atoms with Crippen molar-refractivity contribution in [1.29, 1.82) is 0 Å². The third kappa shape index (κ3) is 1.34. The van der Waals surface area contributed by atoms with Gasteiger partial charge in [-0.2, -0.15) is 0 Å². The van der Waals surface area contributed by atoms with Crippen molar-refractivity contribution in [2.24, 2.45) is 5.92 Å². The molecule has 0 aromatic carbocycles. The quantitative estimate of drug-likeness (QED) is 0.616. The fourth-order valence-electron chi connectivity index (χ4n) is 1.95. The topological polar surface area (TPSA) is 12.0 Å². The third-order valence-corrected chi connectivity index (χ3v) is 2.91. The molecule has 0 aromatic rings. The van der Waals surface area contributed by atoms with Crippen molar-refractivity contribution < 1.29 is 0 Å². The number of nitrogens with one attached hydrogen (secondary N) is 1. The van der Waals surface area contributed by atoms with E-state index in [1.54, 1.807) is 0 Å². The van der Waals surface area contributed by atoms with Crippen molar-refractivity contribution in [2.45, 2.75) is 51.1 Å². The van der Waals surface area contributed by atoms with Crippen LogP contribution in [0.15, 0.2) is 0 Å². The summed E-state index contributed by atoms with van der Waals surface area (Å²) in [5.41, 5.74) is 0. The van der Waals surface area contributed by atoms with Crippen LogP contribution >= 0.6 is 0 Å². The molecule has 0 saturated heterocycles. The van der Waals surface area contributed by atoms with E-state index in [-0.39, 0.29) is 0 Å². The summed E-state index contributed by atoms with van der Waals surface area (Å²) < 4.78 is 0. The average Bonchev–Trinajstić information content (AvgIpc) is 2.48. The Hall–Kier alpha value is -0.0400. The first kappa shape index (κ1) is 6.66. The lowest BCUT2D eigenvalue weighted by Crippen LogP contribution is -2.28. The van der Waals surface area contributed by atoms with E-state index in [1.807, 2.05) is 0 Å². The third-order valence-electron chi connectivity index (χ3n) is 2.91. The summed E-state index contributed by atoms with van der Waals surface area (Å²) in [4.78, 5) is 0. The van der Waals surface area contributed by atoms with E-state index < -0.39 is 0 Å². The molecular formula is C9H17N. The molecule has 2 unspecified atom stereocenters. The monoisotopic (exact) mass is 139 g/mol. The van der Waals surface area contributed by atoms with Crippen molar-refractivity contribution in [3.8, 4) is 0 Å². The molecule has 2 fully saturated rings. The van der Waals surface area contributed by atoms with E-state index in [0.29, 0.717) is 0 Å². The van der Waals surface area contributed by atoms with Gasteiger partial charge in [0.1, 0.15) is 0 Å². The Morgan fingerprint density at radius 1 is 1.20 bits per heavy atom. The normalized spacial score (nSPS) is 40.5. The zero-order chi connectivity index (χ0) is 6.97. The van der Waals surface area contributed by atoms with Crippen LogP contribution in [0, 0.1) is 5.92 Å². The highest BCUT2D eigenvalue weighted by Gasteiger charge is 2.34. The van der Waals surface area contributed by atoms with Gasteiger partial charge in [-0.25, -0.2) is 0 Å². The molecule has 0 amide bonds. The molecule has 58 valence electrons. The Balaban J connectivity index is 1.70. The second-order valence-electron chi connectivity index (χ2n) is 3.97. The highest BCUT2D eigenvalue weighted by molar-refractivity contribution is 4.92. The molecule has 2 aliphatic rings. The SMILES string of the molecule is CC1CC1NC1CCCC1. The lowest BCUT2D eigenvalue weighted by Gasteiger charge is -2.09. The zero-order valence-corrected chi connectivity index (χ0v) is 6.77. The standard InChI is InChI=1S/C9H17N/c1-7-6-9(7)10-8-4-2-3-5-8/h7-10H,2-6H2,1H3. The predicted molar refractivity (Wildman–Crippen MR) is 43.0 cm³/mol. The molecule has 1 N–H and O–H groups in total. The van der Waals surface area contributed by atoms with Crippen molar-refractivity contribution in [1.82, 2.24) is 5.32 Å². The van der Waals surface area contributed by atoms with Crippen LogP contribution in [0.3, 0.4) is 0 Å². The molecule has 0 aliphatic heterocycles. The highest BCUT2D eigenvalue weighted by atomic mass is 15.0. The number of hydrogen-bond donors (Lipinski definition) is 1. The summed E-state index contributed by atoms with van der Waals surface area (Å²) in [5.74, 6) is 0.973. The predicted octanol–water partition coefficient (Wildman–Crippen LogP) is 1.93. The summed E-state index contributed by atoms with van der Waals surface area (Å²) in [5, 5.41) is 3.70. The minimum absolute atomic E-state index is 0.884. The molecule has 0 heterocycles. The van der Waals surface area contributed by atoms with Gasteiger partial charge in [0.25, 0.3) is 0 Å². The Kier molecular flexibility index (Phi) is 1.69. The van der Waals surface area contributed by atoms with Gasteiger partial charge in [-0.15, -0.1) is 0 Å². The smallest absolute Gasteiger partial charge is 0.00989 e. The summed E-state index contributed by atoms with van der Waals surface area (Å²) in [6.45, 7) is 2.34. The first-order valence-corrected chi connectivity index (χ1v) is 4.62. The number of hydrogen-bond acceptors (Lipinski definition) is 1. The molecule has 0 radical (unpaired) electrons. The fourth-order valence-corrected chi connectivity index (χ4v) is 1.95. The summed E-state index contributed by atoms with van der Waals surface area (Å²) in [6.07, 6.45) is 7.21. The van der Waals surface area contributed by atoms with E-state index in [0.717, 1.165) is 18.0 Å². The minimum Gasteiger partial charge on any atom is -0.311 e. The minimum atomic E-state index is 0.884. The molecular weight excluding hydrogens is 122 g/mol. The maximum absolute atomic E-state index is 3.70. The van der Waals surface area contributed by atoms with Crippen molar-refractivity contribution >= 4 is 0 Å². The van der Waals surface area contributed by atoms with Crippen LogP contribution < -0.4 is 5.32 Å². The Morgan fingerprint density at radius 2 is 1.80 bits per heavy atom. The Bertz CT molecular complexity index is 116. The van der Waals surface area contributed by atoms with Crippen molar-refractivity contribution in [3.05, 3.63) is 0 Å². The van der Waals surface area contributed by atoms with Crippen LogP contribution in [-0.2, 0) is 0 Å². The largest absolute Gasteiger partial charge is 0.311 e. The Labute approximate surface area is 63.2 Å². The summed E-state index contributed by atoms with van der Waals surface area (Å²) in [6, 6.07) is 1.78. The van der Waals surface area contributed by atoms with Crippen LogP contribution in [0.5, 0.6) is 0 Å². The van der Waals surface area contributed by atoms with Crippen LogP contribution in [0.1, 0.15) is 39.0 Å². The van der Waals surface area contributed by atoms with E-state index in [9.17, 15) is 0 Å². The summed E-state index contributed by atoms with van der Waals surface area (Å²) >= 11 is 0. The van der Waals surface area contributed by atoms with Gasteiger partial charge in [0.05, 0.1) is 0 Å². The molecule has 0 aromatic heterocycles. The maximum atomic E-state index is 3.70. The molecule has 2 rings (SSSR count). The van der Waals surface area contributed by atoms with Gasteiger partial charge in [0.15, 0.2) is 0 Å². The van der Waals surface area contributed by atoms with Gasteiger partial charge in [0.2, 0.25) is 0 Å². The van der Waals surface area contributed by atoms with Gasteiger partial charge in [-0.05, 0) is 25.2 Å². The molecule has 2 saturated carbocycles. The lowest BCUT2D eigenvalue weighted by molar-refractivity contribution is 0.508. The van der Waals surface area contributed by atoms with Crippen LogP contribution in [0.2, 0.25) is 0 Å². The Morgan fingerprint density at radius 3 is 2.30 bits per heavy atom. The van der Waals surface area contributed by atoms with Crippen LogP contribution in [0.25, 0.3) is 0 Å². The summed E-state index contributed by atoms with van der Waals surface area (Å²) in [7, 11) is 0. The van der Waals surface area contributed by atoms with Gasteiger partial charge >= 0.3 is 0 Å². The number of rotatable bonds is 2. The van der Waals surface area contributed by atoms with E-state index in [1.165, 1.54) is 32.1 Å². The molecule has 1 heteroatoms. The molecule has 0 spiro atoms. The molecule has 10 heavy (non-hydrogen) atoms. The lowest BCUT2D eigenvalue weighted by atomic mass is 10.2. The second-order valence-corrected chi connectivity index (χ2v) is 3.97. The van der Waals surface area contributed by atoms with Gasteiger partial charge in [-0.3, -0.25) is 0 Å². The van der Waals surface area contributed by atoms with Crippen LogP contribution in [0.4, 0.5) is 0 Å². The van der Waals surface area contributed by atoms with Crippen LogP contribution in [-0.4, -0.2) is 12.1 Å². The molecule has 1 nitrogen and oxygen atoms in total. The molecule has 2 atom stereocenters. The van der Waals surface area contributed by atoms with E-state index in [4.69, 9.17) is 0 Å². The molecule has 0 bridgehead atoms. The zero-order valence-electron chi connectivity index (χ0n) is 6.77. The van der Waals surface area contributed by atoms with Crippen molar-refractivity contribution in [3.63, 3.8) is 0 Å². The van der Waals surface area contributed by atoms with Gasteiger partial charge in [-0.1, -0.05) is 19.8 Å². The second kappa shape index (κ2) is 2.54. The molecule has 2 aliphatic carbocycles. The van der Waals surface area contributed by atoms with E-state index >= 15 is 0 Å². The average molecular weight is 139 g/mol. The van der Waals surface area contributed by atoms with E-state index in [2.05, 4.69) is 12.2 Å².